The first-order chi connectivity index (χ1) is 22.5. The Balaban J connectivity index is 1.11. The average molecular weight is 714 g/mol. The number of aryl methyl sites for hydroxylation is 1. The highest BCUT2D eigenvalue weighted by Gasteiger charge is 2.53. The Kier molecular flexibility index (Phi) is 7.84. The molecule has 0 saturated carbocycles. The number of nitrogen functional groups attached to an aromatic ring is 1. The summed E-state index contributed by atoms with van der Waals surface area (Å²) in [5.74, 6) is 0.725. The number of anilines is 2. The summed E-state index contributed by atoms with van der Waals surface area (Å²) in [4.78, 5) is 43.0. The lowest BCUT2D eigenvalue weighted by Crippen LogP contribution is -2.36. The van der Waals surface area contributed by atoms with Gasteiger partial charge in [0.25, 0.3) is 0 Å². The number of imidazole rings is 1. The number of nitrogens with one attached hydrogen (secondary N) is 1. The Labute approximate surface area is 269 Å². The van der Waals surface area contributed by atoms with Gasteiger partial charge in [0, 0.05) is 12.7 Å². The number of phosphoric ester groups is 1. The van der Waals surface area contributed by atoms with Gasteiger partial charge in [0.15, 0.2) is 23.9 Å². The number of aliphatic hydroxyl groups is 2. The molecule has 2 unspecified atom stereocenters. The summed E-state index contributed by atoms with van der Waals surface area (Å²) in [5, 5.41) is 26.7. The summed E-state index contributed by atoms with van der Waals surface area (Å²) in [6, 6.07) is 0. The summed E-state index contributed by atoms with van der Waals surface area (Å²) < 4.78 is 50.5. The van der Waals surface area contributed by atoms with Crippen LogP contribution in [0.1, 0.15) is 24.4 Å². The van der Waals surface area contributed by atoms with E-state index in [1.807, 2.05) is 0 Å². The smallest absolute Gasteiger partial charge is 0.387 e. The van der Waals surface area contributed by atoms with Gasteiger partial charge in [-0.25, -0.2) is 29.5 Å². The Morgan fingerprint density at radius 1 is 0.915 bits per heavy atom. The third kappa shape index (κ3) is 5.54. The Morgan fingerprint density at radius 2 is 1.68 bits per heavy atom. The van der Waals surface area contributed by atoms with Gasteiger partial charge in [-0.1, -0.05) is 0 Å². The van der Waals surface area contributed by atoms with Gasteiger partial charge in [0.2, 0.25) is 0 Å². The first kappa shape index (κ1) is 31.5. The lowest BCUT2D eigenvalue weighted by atomic mass is 10.1. The third-order valence-electron chi connectivity index (χ3n) is 8.47. The predicted molar refractivity (Wildman–Crippen MR) is 162 cm³/mol. The highest BCUT2D eigenvalue weighted by Crippen LogP contribution is 2.54. The SMILES string of the molecule is Nc1ncnc2c1ncn2[C@@H]1O[C@@H]2COP(=O)(O)O[C@H]3[C@@H](O)[C@H](n4cc5c6c(ncnc64)NCCC5)O[C@@H]3COP(O)(=S)O[C@@H]1[C@@H]2O. The van der Waals surface area contributed by atoms with E-state index in [1.165, 1.54) is 23.5 Å². The summed E-state index contributed by atoms with van der Waals surface area (Å²) in [7, 11) is -4.95. The maximum atomic E-state index is 13.3. The minimum Gasteiger partial charge on any atom is -0.387 e. The van der Waals surface area contributed by atoms with Crippen molar-refractivity contribution < 1.29 is 52.1 Å². The monoisotopic (exact) mass is 713 g/mol. The number of aromatic nitrogens is 7. The van der Waals surface area contributed by atoms with Gasteiger partial charge >= 0.3 is 14.5 Å². The number of aliphatic hydroxyl groups excluding tert-OH is 2. The zero-order valence-corrected chi connectivity index (χ0v) is 26.7. The molecule has 0 spiro atoms. The number of rotatable bonds is 2. The van der Waals surface area contributed by atoms with Crippen LogP contribution < -0.4 is 11.1 Å². The van der Waals surface area contributed by atoms with E-state index in [0.717, 1.165) is 23.9 Å². The number of ether oxygens (including phenoxy) is 2. The molecular weight excluding hydrogens is 684 g/mol. The molecular formula is C24H29N9O11P2S. The van der Waals surface area contributed by atoms with Gasteiger partial charge in [-0.2, -0.15) is 0 Å². The molecule has 7 N–H and O–H groups in total. The van der Waals surface area contributed by atoms with E-state index in [-0.39, 0.29) is 17.0 Å². The molecule has 3 saturated heterocycles. The molecule has 8 rings (SSSR count). The highest BCUT2D eigenvalue weighted by molar-refractivity contribution is 8.07. The molecule has 2 bridgehead atoms. The fraction of sp³-hybridized carbons (Fsp3) is 0.542. The van der Waals surface area contributed by atoms with Gasteiger partial charge in [0.1, 0.15) is 66.3 Å². The van der Waals surface area contributed by atoms with Crippen LogP contribution in [0.5, 0.6) is 0 Å². The van der Waals surface area contributed by atoms with Crippen LogP contribution in [0.4, 0.5) is 11.6 Å². The Hall–Kier alpha value is -2.75. The van der Waals surface area contributed by atoms with Crippen LogP contribution in [-0.4, -0.2) is 110 Å². The second-order valence-corrected chi connectivity index (χ2v) is 15.6. The first-order valence-electron chi connectivity index (χ1n) is 14.5. The minimum absolute atomic E-state index is 0.0873. The molecule has 4 aliphatic heterocycles. The van der Waals surface area contributed by atoms with E-state index >= 15 is 0 Å². The largest absolute Gasteiger partial charge is 0.472 e. The molecule has 0 aliphatic carbocycles. The quantitative estimate of drug-likeness (QED) is 0.148. The van der Waals surface area contributed by atoms with Crippen molar-refractivity contribution in [2.45, 2.75) is 61.9 Å². The van der Waals surface area contributed by atoms with Crippen molar-refractivity contribution in [1.29, 1.82) is 0 Å². The number of fused-ring (bicyclic) bond motifs is 4. The van der Waals surface area contributed by atoms with Crippen LogP contribution in [0.25, 0.3) is 22.2 Å². The summed E-state index contributed by atoms with van der Waals surface area (Å²) in [6.07, 6.45) is -3.68. The van der Waals surface area contributed by atoms with Gasteiger partial charge in [0.05, 0.1) is 24.9 Å². The number of phosphoric acid groups is 1. The van der Waals surface area contributed by atoms with Crippen LogP contribution in [-0.2, 0) is 50.4 Å². The molecule has 4 aliphatic rings. The van der Waals surface area contributed by atoms with Crippen molar-refractivity contribution >= 4 is 60.2 Å². The van der Waals surface area contributed by atoms with Crippen LogP contribution in [0.2, 0.25) is 0 Å². The standard InChI is InChI=1S/C24H29N9O11P2S/c25-19-14-22(30-7-27-19)33(9-31-14)24-18-15(34)11(41-24)5-39-45(36,37)43-17-12(6-40-46(38,47)44-18)42-23(16(17)35)32-4-10-2-1-3-26-20-13(10)21(32)29-8-28-20/h4,7-9,11-12,15-18,23-24,34-35H,1-3,5-6H2,(H,36,37)(H,38,47)(H2,25,27,30)(H,26,28,29)/t11-,12-,15-,16-,17-,18-,23-,24-,46?/m1/s1. The summed E-state index contributed by atoms with van der Waals surface area (Å²) in [5.41, 5.74) is 7.76. The van der Waals surface area contributed by atoms with Crippen LogP contribution in [0, 0.1) is 0 Å². The van der Waals surface area contributed by atoms with Crippen LogP contribution in [0.15, 0.2) is 25.2 Å². The van der Waals surface area contributed by atoms with Crippen LogP contribution >= 0.6 is 14.5 Å². The van der Waals surface area contributed by atoms with Crippen molar-refractivity contribution in [3.8, 4) is 0 Å². The molecule has 4 aromatic heterocycles. The number of nitrogens with two attached hydrogens (primary N) is 1. The molecule has 0 aromatic carbocycles. The van der Waals surface area contributed by atoms with Gasteiger partial charge in [-0.3, -0.25) is 18.1 Å². The van der Waals surface area contributed by atoms with Gasteiger partial charge < -0.3 is 49.6 Å². The maximum absolute atomic E-state index is 13.3. The van der Waals surface area contributed by atoms with Crippen molar-refractivity contribution in [3.63, 3.8) is 0 Å². The van der Waals surface area contributed by atoms with Gasteiger partial charge in [-0.15, -0.1) is 0 Å². The van der Waals surface area contributed by atoms with E-state index < -0.39 is 76.8 Å². The summed E-state index contributed by atoms with van der Waals surface area (Å²) in [6.45, 7) is -4.69. The highest BCUT2D eigenvalue weighted by atomic mass is 32.5. The Bertz CT molecular complexity index is 1950. The fourth-order valence-electron chi connectivity index (χ4n) is 6.33. The van der Waals surface area contributed by atoms with Gasteiger partial charge in [-0.05, 0) is 30.2 Å². The normalized spacial score (nSPS) is 37.9. The molecule has 23 heteroatoms. The van der Waals surface area contributed by atoms with Crippen molar-refractivity contribution in [2.75, 3.05) is 30.8 Å². The zero-order chi connectivity index (χ0) is 32.7. The minimum atomic E-state index is -4.95. The van der Waals surface area contributed by atoms with Crippen molar-refractivity contribution in [2.24, 2.45) is 0 Å². The van der Waals surface area contributed by atoms with Crippen LogP contribution in [0.3, 0.4) is 0 Å². The van der Waals surface area contributed by atoms with E-state index in [4.69, 9.17) is 45.1 Å². The lowest BCUT2D eigenvalue weighted by Gasteiger charge is -2.27. The maximum Gasteiger partial charge on any atom is 0.472 e. The van der Waals surface area contributed by atoms with E-state index in [2.05, 4.69) is 30.2 Å². The molecule has 0 amide bonds. The second kappa shape index (κ2) is 11.7. The number of hydrogen-bond donors (Lipinski definition) is 6. The first-order valence-corrected chi connectivity index (χ1v) is 18.6. The zero-order valence-electron chi connectivity index (χ0n) is 24.1. The fourth-order valence-corrected chi connectivity index (χ4v) is 8.71. The second-order valence-electron chi connectivity index (χ2n) is 11.4. The molecule has 10 atom stereocenters. The van der Waals surface area contributed by atoms with Crippen molar-refractivity contribution in [3.05, 3.63) is 30.7 Å². The molecule has 3 fully saturated rings. The molecule has 8 heterocycles. The topological polar surface area (TPSA) is 266 Å². The molecule has 0 radical (unpaired) electrons. The average Bonchev–Trinajstić information content (AvgIpc) is 3.74. The number of nitrogens with zero attached hydrogens (tertiary/aromatic N) is 7. The van der Waals surface area contributed by atoms with E-state index in [0.29, 0.717) is 17.9 Å². The predicted octanol–water partition coefficient (Wildman–Crippen LogP) is -0.138. The molecule has 47 heavy (non-hydrogen) atoms. The Morgan fingerprint density at radius 3 is 2.53 bits per heavy atom. The molecule has 252 valence electrons. The summed E-state index contributed by atoms with van der Waals surface area (Å²) >= 11 is 5.31. The lowest BCUT2D eigenvalue weighted by molar-refractivity contribution is -0.0635. The number of hydrogen-bond acceptors (Lipinski definition) is 17. The molecule has 20 nitrogen and oxygen atoms in total. The van der Waals surface area contributed by atoms with E-state index in [9.17, 15) is 24.6 Å². The van der Waals surface area contributed by atoms with E-state index in [1.54, 1.807) is 10.8 Å². The van der Waals surface area contributed by atoms with Crippen molar-refractivity contribution in [1.82, 2.24) is 34.1 Å². The molecule has 4 aromatic rings. The third-order valence-corrected chi connectivity index (χ3v) is 11.0.